The van der Waals surface area contributed by atoms with Crippen LogP contribution in [0.1, 0.15) is 71.1 Å². The summed E-state index contributed by atoms with van der Waals surface area (Å²) in [6, 6.07) is 0. The van der Waals surface area contributed by atoms with Gasteiger partial charge in [-0.2, -0.15) is 0 Å². The topological polar surface area (TPSA) is 0 Å². The molecule has 0 aromatic rings. The molecule has 0 saturated heterocycles. The highest BCUT2D eigenvalue weighted by atomic mass is 14.0. The van der Waals surface area contributed by atoms with Gasteiger partial charge in [-0.1, -0.05) is 70.4 Å². The lowest BCUT2D eigenvalue weighted by Crippen LogP contribution is -1.80. The van der Waals surface area contributed by atoms with Gasteiger partial charge in [-0.05, 0) is 19.8 Å². The number of hydrogen-bond acceptors (Lipinski definition) is 0. The van der Waals surface area contributed by atoms with Gasteiger partial charge >= 0.3 is 0 Å². The van der Waals surface area contributed by atoms with Gasteiger partial charge in [0.15, 0.2) is 0 Å². The average Bonchev–Trinajstić information content (AvgIpc) is 2.21. The first-order valence-corrected chi connectivity index (χ1v) is 6.36. The maximum Gasteiger partial charge on any atom is -0.0316 e. The Kier molecular flexibility index (Phi) is 12.5. The van der Waals surface area contributed by atoms with Crippen LogP contribution >= 0.6 is 0 Å². The Balaban J connectivity index is 2.85. The maximum atomic E-state index is 3.68. The summed E-state index contributed by atoms with van der Waals surface area (Å²) in [5, 5.41) is 0. The predicted molar refractivity (Wildman–Crippen MR) is 66.3 cm³/mol. The van der Waals surface area contributed by atoms with Gasteiger partial charge in [0.1, 0.15) is 0 Å². The Hall–Kier alpha value is -0.260. The van der Waals surface area contributed by atoms with E-state index in [-0.39, 0.29) is 0 Å². The smallest absolute Gasteiger partial charge is 0.0316 e. The van der Waals surface area contributed by atoms with Crippen molar-refractivity contribution in [1.29, 1.82) is 0 Å². The van der Waals surface area contributed by atoms with E-state index < -0.39 is 0 Å². The van der Waals surface area contributed by atoms with E-state index in [1.165, 1.54) is 64.2 Å². The van der Waals surface area contributed by atoms with Crippen LogP contribution in [0, 0.1) is 6.92 Å². The third kappa shape index (κ3) is 11.7. The van der Waals surface area contributed by atoms with Crippen molar-refractivity contribution < 1.29 is 0 Å². The van der Waals surface area contributed by atoms with Crippen LogP contribution in [0.3, 0.4) is 0 Å². The molecule has 0 aliphatic rings. The fourth-order valence-electron chi connectivity index (χ4n) is 1.69. The van der Waals surface area contributed by atoms with Crippen LogP contribution in [0.4, 0.5) is 0 Å². The van der Waals surface area contributed by atoms with E-state index >= 15 is 0 Å². The summed E-state index contributed by atoms with van der Waals surface area (Å²) in [5.41, 5.74) is 0. The molecule has 0 atom stereocenters. The van der Waals surface area contributed by atoms with E-state index in [1.54, 1.807) is 0 Å². The molecule has 0 aromatic heterocycles. The molecule has 0 saturated carbocycles. The minimum Gasteiger partial charge on any atom is -0.0885 e. The Labute approximate surface area is 90.8 Å². The number of hydrogen-bond donors (Lipinski definition) is 0. The molecule has 1 radical (unpaired) electrons. The van der Waals surface area contributed by atoms with Gasteiger partial charge in [0.05, 0.1) is 0 Å². The molecular weight excluding hydrogens is 168 g/mol. The van der Waals surface area contributed by atoms with Crippen LogP contribution in [0.15, 0.2) is 12.2 Å². The van der Waals surface area contributed by atoms with Gasteiger partial charge in [0.25, 0.3) is 0 Å². The molecule has 0 spiro atoms. The normalized spacial score (nSPS) is 11.3. The second-order valence-corrected chi connectivity index (χ2v) is 4.09. The highest BCUT2D eigenvalue weighted by Gasteiger charge is 1.90. The largest absolute Gasteiger partial charge is 0.0885 e. The monoisotopic (exact) mass is 195 g/mol. The van der Waals surface area contributed by atoms with Gasteiger partial charge in [-0.3, -0.25) is 0 Å². The Morgan fingerprint density at radius 3 is 1.79 bits per heavy atom. The van der Waals surface area contributed by atoms with Crippen molar-refractivity contribution in [2.24, 2.45) is 0 Å². The van der Waals surface area contributed by atoms with Gasteiger partial charge in [0.2, 0.25) is 0 Å². The van der Waals surface area contributed by atoms with Gasteiger partial charge in [-0.25, -0.2) is 0 Å². The van der Waals surface area contributed by atoms with Crippen molar-refractivity contribution in [1.82, 2.24) is 0 Å². The van der Waals surface area contributed by atoms with Crippen LogP contribution in [0.2, 0.25) is 0 Å². The molecule has 0 N–H and O–H groups in total. The van der Waals surface area contributed by atoms with Crippen LogP contribution in [-0.2, 0) is 0 Å². The molecule has 0 heterocycles. The highest BCUT2D eigenvalue weighted by Crippen LogP contribution is 2.10. The second-order valence-electron chi connectivity index (χ2n) is 4.09. The van der Waals surface area contributed by atoms with E-state index in [0.29, 0.717) is 0 Å². The van der Waals surface area contributed by atoms with Crippen molar-refractivity contribution in [3.63, 3.8) is 0 Å². The molecule has 0 aliphatic carbocycles. The molecule has 0 aliphatic heterocycles. The molecule has 0 unspecified atom stereocenters. The minimum atomic E-state index is 1.22. The summed E-state index contributed by atoms with van der Waals surface area (Å²) in [6.45, 7) is 5.95. The molecule has 0 nitrogen and oxygen atoms in total. The fourth-order valence-corrected chi connectivity index (χ4v) is 1.69. The summed E-state index contributed by atoms with van der Waals surface area (Å²) in [5.74, 6) is 0. The first-order chi connectivity index (χ1) is 6.91. The number of unbranched alkanes of at least 4 members (excludes halogenated alkanes) is 9. The van der Waals surface area contributed by atoms with Gasteiger partial charge < -0.3 is 0 Å². The van der Waals surface area contributed by atoms with E-state index in [2.05, 4.69) is 19.9 Å². The van der Waals surface area contributed by atoms with Crippen LogP contribution in [0.5, 0.6) is 0 Å². The zero-order valence-corrected chi connectivity index (χ0v) is 9.93. The molecule has 0 heteroatoms. The first kappa shape index (κ1) is 13.7. The molecule has 0 rings (SSSR count). The quantitative estimate of drug-likeness (QED) is 0.415. The summed E-state index contributed by atoms with van der Waals surface area (Å²) in [7, 11) is 0. The summed E-state index contributed by atoms with van der Waals surface area (Å²) in [4.78, 5) is 0. The van der Waals surface area contributed by atoms with E-state index in [4.69, 9.17) is 0 Å². The Morgan fingerprint density at radius 2 is 1.29 bits per heavy atom. The van der Waals surface area contributed by atoms with Crippen molar-refractivity contribution in [3.05, 3.63) is 19.1 Å². The third-order valence-electron chi connectivity index (χ3n) is 2.64. The summed E-state index contributed by atoms with van der Waals surface area (Å²) >= 11 is 0. The maximum absolute atomic E-state index is 3.68. The van der Waals surface area contributed by atoms with Crippen LogP contribution < -0.4 is 0 Å². The molecule has 0 bridgehead atoms. The van der Waals surface area contributed by atoms with Gasteiger partial charge in [-0.15, -0.1) is 0 Å². The molecule has 0 fully saturated rings. The second kappa shape index (κ2) is 12.7. The molecule has 0 aromatic carbocycles. The first-order valence-electron chi connectivity index (χ1n) is 6.36. The molecule has 83 valence electrons. The lowest BCUT2D eigenvalue weighted by molar-refractivity contribution is 0.566. The summed E-state index contributed by atoms with van der Waals surface area (Å²) < 4.78 is 0. The van der Waals surface area contributed by atoms with Crippen molar-refractivity contribution in [2.75, 3.05) is 0 Å². The summed E-state index contributed by atoms with van der Waals surface area (Å²) in [6.07, 6.45) is 18.0. The molecule has 14 heavy (non-hydrogen) atoms. The van der Waals surface area contributed by atoms with E-state index in [1.807, 2.05) is 6.08 Å². The third-order valence-corrected chi connectivity index (χ3v) is 2.64. The Bertz CT molecular complexity index is 113. The Morgan fingerprint density at radius 1 is 0.786 bits per heavy atom. The number of allylic oxidation sites excluding steroid dienone is 2. The SMILES string of the molecule is [CH2]/C=C/CCCCCCCCCCC. The standard InChI is InChI=1S/C14H27/c1-3-5-7-9-11-13-14-12-10-8-6-4-2/h3,5H,1,4,6-14H2,2H3/b5-3+. The highest BCUT2D eigenvalue weighted by molar-refractivity contribution is 4.83. The fraction of sp³-hybridized carbons (Fsp3) is 0.786. The van der Waals surface area contributed by atoms with Crippen molar-refractivity contribution in [2.45, 2.75) is 71.1 Å². The van der Waals surface area contributed by atoms with Crippen molar-refractivity contribution >= 4 is 0 Å². The lowest BCUT2D eigenvalue weighted by atomic mass is 10.1. The minimum absolute atomic E-state index is 1.22. The zero-order chi connectivity index (χ0) is 10.5. The van der Waals surface area contributed by atoms with Crippen LogP contribution in [0.25, 0.3) is 0 Å². The van der Waals surface area contributed by atoms with Gasteiger partial charge in [0, 0.05) is 0 Å². The molecular formula is C14H27. The molecule has 0 amide bonds. The average molecular weight is 195 g/mol. The van der Waals surface area contributed by atoms with E-state index in [0.717, 1.165) is 0 Å². The van der Waals surface area contributed by atoms with Crippen LogP contribution in [-0.4, -0.2) is 0 Å². The van der Waals surface area contributed by atoms with Crippen molar-refractivity contribution in [3.8, 4) is 0 Å². The predicted octanol–water partition coefficient (Wildman–Crippen LogP) is 5.30. The lowest BCUT2D eigenvalue weighted by Gasteiger charge is -2.00. The zero-order valence-electron chi connectivity index (χ0n) is 9.93. The van der Waals surface area contributed by atoms with E-state index in [9.17, 15) is 0 Å². The number of rotatable bonds is 10.